The minimum Gasteiger partial charge on any atom is -0.370 e. The van der Waals surface area contributed by atoms with Gasteiger partial charge < -0.3 is 21.3 Å². The number of hydrogen-bond donors (Lipinski definition) is 2. The van der Waals surface area contributed by atoms with E-state index in [0.717, 1.165) is 18.7 Å². The molecule has 0 bridgehead atoms. The Kier molecular flexibility index (Phi) is 4.99. The fraction of sp³-hybridized carbons (Fsp3) is 0.278. The molecule has 0 saturated carbocycles. The molecule has 0 aromatic heterocycles. The van der Waals surface area contributed by atoms with E-state index in [1.165, 1.54) is 6.07 Å². The van der Waals surface area contributed by atoms with Crippen LogP contribution >= 0.6 is 11.6 Å². The number of nitrogens with two attached hydrogens (primary N) is 2. The molecule has 0 saturated heterocycles. The third kappa shape index (κ3) is 3.64. The SMILES string of the molecule is CCCC1C=CC=C2N(Cc3c(F)cc(N=C(N)N)cc3Cl)C=CN21. The number of allylic oxidation sites excluding steroid dienone is 2. The Labute approximate surface area is 151 Å². The zero-order chi connectivity index (χ0) is 18.0. The van der Waals surface area contributed by atoms with Crippen LogP contribution in [0.1, 0.15) is 25.3 Å². The number of nitrogens with zero attached hydrogens (tertiary/aromatic N) is 3. The largest absolute Gasteiger partial charge is 0.370 e. The van der Waals surface area contributed by atoms with E-state index in [-0.39, 0.29) is 5.96 Å². The Hall–Kier alpha value is -2.47. The summed E-state index contributed by atoms with van der Waals surface area (Å²) in [5, 5.41) is 0.295. The van der Waals surface area contributed by atoms with Crippen molar-refractivity contribution >= 4 is 23.2 Å². The van der Waals surface area contributed by atoms with Crippen molar-refractivity contribution in [1.29, 1.82) is 0 Å². The lowest BCUT2D eigenvalue weighted by atomic mass is 10.1. The number of rotatable bonds is 5. The summed E-state index contributed by atoms with van der Waals surface area (Å²) < 4.78 is 14.5. The van der Waals surface area contributed by atoms with Gasteiger partial charge in [-0.1, -0.05) is 37.1 Å². The third-order valence-electron chi connectivity index (χ3n) is 4.20. The summed E-state index contributed by atoms with van der Waals surface area (Å²) in [5.74, 6) is 0.448. The van der Waals surface area contributed by atoms with Gasteiger partial charge in [0.15, 0.2) is 5.96 Å². The average molecular weight is 362 g/mol. The van der Waals surface area contributed by atoms with Crippen LogP contribution in [0.25, 0.3) is 0 Å². The first kappa shape index (κ1) is 17.4. The summed E-state index contributed by atoms with van der Waals surface area (Å²) in [6, 6.07) is 3.18. The smallest absolute Gasteiger partial charge is 0.191 e. The van der Waals surface area contributed by atoms with E-state index < -0.39 is 5.82 Å². The predicted molar refractivity (Wildman–Crippen MR) is 99.3 cm³/mol. The van der Waals surface area contributed by atoms with Gasteiger partial charge in [0.25, 0.3) is 0 Å². The summed E-state index contributed by atoms with van der Waals surface area (Å²) in [7, 11) is 0. The van der Waals surface area contributed by atoms with Crippen molar-refractivity contribution in [2.75, 3.05) is 0 Å². The second kappa shape index (κ2) is 7.19. The number of fused-ring (bicyclic) bond motifs is 1. The molecule has 2 aliphatic heterocycles. The molecule has 1 aromatic rings. The van der Waals surface area contributed by atoms with E-state index in [1.54, 1.807) is 6.07 Å². The summed E-state index contributed by atoms with van der Waals surface area (Å²) in [6.45, 7) is 2.49. The molecule has 25 heavy (non-hydrogen) atoms. The number of guanidine groups is 1. The predicted octanol–water partition coefficient (Wildman–Crippen LogP) is 3.55. The van der Waals surface area contributed by atoms with Crippen molar-refractivity contribution in [3.8, 4) is 0 Å². The summed E-state index contributed by atoms with van der Waals surface area (Å²) in [5.41, 5.74) is 11.4. The molecule has 0 fully saturated rings. The molecule has 1 atom stereocenters. The van der Waals surface area contributed by atoms with Gasteiger partial charge in [-0.15, -0.1) is 0 Å². The summed E-state index contributed by atoms with van der Waals surface area (Å²) in [4.78, 5) is 8.02. The monoisotopic (exact) mass is 361 g/mol. The average Bonchev–Trinajstić information content (AvgIpc) is 2.95. The lowest BCUT2D eigenvalue weighted by molar-refractivity contribution is 0.299. The molecule has 2 aliphatic rings. The Balaban J connectivity index is 1.82. The maximum Gasteiger partial charge on any atom is 0.191 e. The van der Waals surface area contributed by atoms with Crippen LogP contribution in [0.4, 0.5) is 10.1 Å². The minimum absolute atomic E-state index is 0.137. The van der Waals surface area contributed by atoms with Gasteiger partial charge in [0, 0.05) is 24.0 Å². The van der Waals surface area contributed by atoms with Gasteiger partial charge >= 0.3 is 0 Å². The van der Waals surface area contributed by atoms with Crippen molar-refractivity contribution < 1.29 is 4.39 Å². The minimum atomic E-state index is -0.434. The van der Waals surface area contributed by atoms with Gasteiger partial charge in [-0.05, 0) is 18.6 Å². The van der Waals surface area contributed by atoms with Crippen molar-refractivity contribution in [3.05, 3.63) is 65.0 Å². The van der Waals surface area contributed by atoms with E-state index in [1.807, 2.05) is 29.5 Å². The van der Waals surface area contributed by atoms with Crippen molar-refractivity contribution in [3.63, 3.8) is 0 Å². The first-order chi connectivity index (χ1) is 12.0. The first-order valence-corrected chi connectivity index (χ1v) is 8.56. The fourth-order valence-corrected chi connectivity index (χ4v) is 3.33. The van der Waals surface area contributed by atoms with E-state index in [2.05, 4.69) is 22.9 Å². The fourth-order valence-electron chi connectivity index (χ4n) is 3.07. The van der Waals surface area contributed by atoms with Crippen LogP contribution in [0.15, 0.2) is 53.6 Å². The zero-order valence-corrected chi connectivity index (χ0v) is 14.7. The molecular weight excluding hydrogens is 341 g/mol. The third-order valence-corrected chi connectivity index (χ3v) is 4.54. The Morgan fingerprint density at radius 3 is 2.80 bits per heavy atom. The molecule has 4 N–H and O–H groups in total. The van der Waals surface area contributed by atoms with Crippen molar-refractivity contribution in [2.45, 2.75) is 32.4 Å². The lowest BCUT2D eigenvalue weighted by Gasteiger charge is -2.32. The molecule has 132 valence electrons. The number of benzene rings is 1. The van der Waals surface area contributed by atoms with Gasteiger partial charge in [0.05, 0.1) is 23.3 Å². The molecule has 0 spiro atoms. The highest BCUT2D eigenvalue weighted by Crippen LogP contribution is 2.33. The lowest BCUT2D eigenvalue weighted by Crippen LogP contribution is -2.32. The van der Waals surface area contributed by atoms with Crippen LogP contribution in [0, 0.1) is 5.82 Å². The Morgan fingerprint density at radius 2 is 2.12 bits per heavy atom. The maximum absolute atomic E-state index is 14.5. The highest BCUT2D eigenvalue weighted by molar-refractivity contribution is 6.31. The molecule has 7 heteroatoms. The second-order valence-electron chi connectivity index (χ2n) is 6.02. The van der Waals surface area contributed by atoms with Crippen LogP contribution in [0.5, 0.6) is 0 Å². The van der Waals surface area contributed by atoms with Crippen LogP contribution in [-0.2, 0) is 6.54 Å². The van der Waals surface area contributed by atoms with Gasteiger partial charge in [-0.25, -0.2) is 9.38 Å². The van der Waals surface area contributed by atoms with Crippen LogP contribution in [0.3, 0.4) is 0 Å². The highest BCUT2D eigenvalue weighted by Gasteiger charge is 2.27. The van der Waals surface area contributed by atoms with E-state index >= 15 is 0 Å². The number of hydrogen-bond acceptors (Lipinski definition) is 3. The van der Waals surface area contributed by atoms with Gasteiger partial charge in [0.2, 0.25) is 0 Å². The summed E-state index contributed by atoms with van der Waals surface area (Å²) >= 11 is 6.26. The van der Waals surface area contributed by atoms with Crippen LogP contribution < -0.4 is 11.5 Å². The van der Waals surface area contributed by atoms with Crippen LogP contribution in [0.2, 0.25) is 5.02 Å². The number of halogens is 2. The standard InChI is InChI=1S/C18H21ClFN5/c1-2-4-13-5-3-6-17-24(7-8-25(13)17)11-14-15(19)9-12(10-16(14)20)23-18(21)22/h3,5-10,13H,2,4,11H2,1H3,(H4,21,22,23). The molecule has 0 radical (unpaired) electrons. The van der Waals surface area contributed by atoms with Crippen LogP contribution in [-0.4, -0.2) is 21.8 Å². The molecule has 1 aromatic carbocycles. The maximum atomic E-state index is 14.5. The normalized spacial score (nSPS) is 18.4. The molecule has 0 aliphatic carbocycles. The Bertz CT molecular complexity index is 757. The van der Waals surface area contributed by atoms with Gasteiger partial charge in [0.1, 0.15) is 11.6 Å². The van der Waals surface area contributed by atoms with Crippen molar-refractivity contribution in [2.24, 2.45) is 16.5 Å². The molecule has 0 amide bonds. The first-order valence-electron chi connectivity index (χ1n) is 8.19. The van der Waals surface area contributed by atoms with Gasteiger partial charge in [-0.3, -0.25) is 0 Å². The number of aliphatic imine (C=N–C) groups is 1. The van der Waals surface area contributed by atoms with Crippen molar-refractivity contribution in [1.82, 2.24) is 9.80 Å². The molecule has 1 unspecified atom stereocenters. The molecular formula is C18H21ClFN5. The van der Waals surface area contributed by atoms with Gasteiger partial charge in [-0.2, -0.15) is 0 Å². The molecule has 5 nitrogen and oxygen atoms in total. The molecule has 2 heterocycles. The summed E-state index contributed by atoms with van der Waals surface area (Å²) in [6.07, 6.45) is 12.4. The molecule has 3 rings (SSSR count). The van der Waals surface area contributed by atoms with E-state index in [4.69, 9.17) is 23.1 Å². The quantitative estimate of drug-likeness (QED) is 0.621. The second-order valence-corrected chi connectivity index (χ2v) is 6.43. The highest BCUT2D eigenvalue weighted by atomic mass is 35.5. The van der Waals surface area contributed by atoms with E-state index in [0.29, 0.717) is 28.9 Å². The Morgan fingerprint density at radius 1 is 1.32 bits per heavy atom. The zero-order valence-electron chi connectivity index (χ0n) is 14.0. The topological polar surface area (TPSA) is 70.9 Å². The van der Waals surface area contributed by atoms with E-state index in [9.17, 15) is 4.39 Å².